The van der Waals surface area contributed by atoms with Crippen LogP contribution in [-0.2, 0) is 28.6 Å². The molecule has 2 aliphatic rings. The van der Waals surface area contributed by atoms with E-state index < -0.39 is 53.6 Å². The molecule has 0 saturated carbocycles. The Morgan fingerprint density at radius 3 is 2.21 bits per heavy atom. The number of fused-ring (bicyclic) bond motifs is 1. The number of hydrogen-bond acceptors (Lipinski definition) is 5. The molecule has 0 bridgehead atoms. The zero-order valence-electron chi connectivity index (χ0n) is 31.3. The molecule has 8 nitrogen and oxygen atoms in total. The van der Waals surface area contributed by atoms with E-state index >= 15 is 0 Å². The monoisotopic (exact) mass is 723 g/mol. The van der Waals surface area contributed by atoms with E-state index in [1.54, 1.807) is 7.11 Å². The van der Waals surface area contributed by atoms with Crippen LogP contribution in [0, 0.1) is 19.8 Å². The molecule has 1 aliphatic carbocycles. The summed E-state index contributed by atoms with van der Waals surface area (Å²) < 4.78 is 49.9. The van der Waals surface area contributed by atoms with Crippen molar-refractivity contribution in [3.05, 3.63) is 85.8 Å². The van der Waals surface area contributed by atoms with Crippen molar-refractivity contribution in [2.75, 3.05) is 20.2 Å². The molecule has 3 aromatic rings. The number of piperidine rings is 1. The topological polar surface area (TPSA) is 101 Å². The first kappa shape index (κ1) is 39.1. The fraction of sp³-hybridized carbons (Fsp3) is 0.537. The number of nitrogens with one attached hydrogen (secondary N) is 1. The van der Waals surface area contributed by atoms with Gasteiger partial charge in [-0.1, -0.05) is 19.9 Å². The van der Waals surface area contributed by atoms with Gasteiger partial charge in [0, 0.05) is 18.3 Å². The number of carboxylic acids is 1. The lowest BCUT2D eigenvalue weighted by Gasteiger charge is -2.36. The smallest absolute Gasteiger partial charge is 0.416 e. The van der Waals surface area contributed by atoms with Gasteiger partial charge in [-0.15, -0.1) is 0 Å². The lowest BCUT2D eigenvalue weighted by Crippen LogP contribution is -2.41. The average Bonchev–Trinajstić information content (AvgIpc) is 3.55. The van der Waals surface area contributed by atoms with Crippen LogP contribution < -0.4 is 15.6 Å². The molecular weight excluding hydrogens is 671 g/mol. The Bertz CT molecular complexity index is 1830. The first-order valence-electron chi connectivity index (χ1n) is 18.4. The van der Waals surface area contributed by atoms with E-state index in [0.29, 0.717) is 37.6 Å². The highest BCUT2D eigenvalue weighted by atomic mass is 19.4. The number of methoxy groups -OCH3 is 1. The second kappa shape index (κ2) is 15.9. The van der Waals surface area contributed by atoms with Crippen LogP contribution in [-0.4, -0.2) is 52.7 Å². The van der Waals surface area contributed by atoms with Crippen molar-refractivity contribution in [2.24, 2.45) is 5.92 Å². The number of carbonyl (C=O) groups is 2. The number of likely N-dealkylation sites (tertiary alicyclic amines) is 1. The van der Waals surface area contributed by atoms with Gasteiger partial charge in [0.15, 0.2) is 0 Å². The van der Waals surface area contributed by atoms with E-state index in [1.165, 1.54) is 11.8 Å². The third kappa shape index (κ3) is 8.56. The predicted molar refractivity (Wildman–Crippen MR) is 196 cm³/mol. The molecular formula is C41H52F3N3O5. The summed E-state index contributed by atoms with van der Waals surface area (Å²) in [5.41, 5.74) is 5.08. The van der Waals surface area contributed by atoms with Gasteiger partial charge in [-0.2, -0.15) is 13.2 Å². The Morgan fingerprint density at radius 2 is 1.65 bits per heavy atom. The number of carboxylic acid groups (broad SMARTS) is 1. The summed E-state index contributed by atoms with van der Waals surface area (Å²) in [5, 5.41) is 13.0. The Hall–Kier alpha value is -4.12. The molecule has 11 heteroatoms. The van der Waals surface area contributed by atoms with Gasteiger partial charge < -0.3 is 24.6 Å². The van der Waals surface area contributed by atoms with Crippen LogP contribution in [0.4, 0.5) is 13.2 Å². The highest BCUT2D eigenvalue weighted by Crippen LogP contribution is 2.41. The van der Waals surface area contributed by atoms with Crippen molar-refractivity contribution < 1.29 is 32.6 Å². The second-order valence-electron chi connectivity index (χ2n) is 15.3. The number of carbonyl (C=O) groups excluding carboxylic acids is 1. The van der Waals surface area contributed by atoms with Crippen LogP contribution in [0.15, 0.2) is 41.3 Å². The molecule has 1 saturated heterocycles. The normalized spacial score (nSPS) is 16.6. The van der Waals surface area contributed by atoms with Crippen LogP contribution in [0.1, 0.15) is 117 Å². The van der Waals surface area contributed by atoms with Crippen molar-refractivity contribution in [1.82, 2.24) is 14.8 Å². The highest BCUT2D eigenvalue weighted by Gasteiger charge is 2.39. The molecule has 52 heavy (non-hydrogen) atoms. The molecule has 2 atom stereocenters. The van der Waals surface area contributed by atoms with Crippen molar-refractivity contribution in [3.63, 3.8) is 0 Å². The number of benzene rings is 2. The molecule has 282 valence electrons. The average molecular weight is 724 g/mol. The van der Waals surface area contributed by atoms with Gasteiger partial charge in [0.05, 0.1) is 25.1 Å². The number of ether oxygens (including phenoxy) is 1. The lowest BCUT2D eigenvalue weighted by molar-refractivity contribution is -0.139. The summed E-state index contributed by atoms with van der Waals surface area (Å²) in [6, 6.07) is 6.65. The third-order valence-corrected chi connectivity index (χ3v) is 10.8. The van der Waals surface area contributed by atoms with Crippen molar-refractivity contribution in [3.8, 4) is 16.9 Å². The highest BCUT2D eigenvalue weighted by molar-refractivity contribution is 5.82. The Morgan fingerprint density at radius 1 is 1.00 bits per heavy atom. The molecule has 2 aromatic carbocycles. The maximum Gasteiger partial charge on any atom is 0.416 e. The second-order valence-corrected chi connectivity index (χ2v) is 15.3. The molecule has 1 fully saturated rings. The summed E-state index contributed by atoms with van der Waals surface area (Å²) in [4.78, 5) is 42.4. The number of aromatic nitrogens is 1. The first-order valence-corrected chi connectivity index (χ1v) is 18.4. The number of amides is 1. The van der Waals surface area contributed by atoms with E-state index in [0.717, 1.165) is 57.4 Å². The standard InChI is InChI=1S/C41H52F3N3O5/c1-23(2)15-36(47-22-33(34(20-37(47)48)41(42,43)44)27-11-13-46(14-12-27)24(3)4)40(51)45-35(21-38(49)50)29-18-28-9-8-10-31(28)32(19-29)39-25(5)16-30(52-7)17-26(39)6/h16-20,22-24,27,35-36H,8-15,21H2,1-7H3,(H,45,51)(H,49,50). The van der Waals surface area contributed by atoms with E-state index in [4.69, 9.17) is 4.74 Å². The Kier molecular flexibility index (Phi) is 11.9. The van der Waals surface area contributed by atoms with Gasteiger partial charge in [0.2, 0.25) is 5.91 Å². The van der Waals surface area contributed by atoms with Crippen LogP contribution >= 0.6 is 0 Å². The fourth-order valence-electron chi connectivity index (χ4n) is 8.22. The fourth-order valence-corrected chi connectivity index (χ4v) is 8.22. The molecule has 2 unspecified atom stereocenters. The molecule has 5 rings (SSSR count). The number of rotatable bonds is 12. The number of aliphatic carboxylic acids is 1. The van der Waals surface area contributed by atoms with E-state index in [1.807, 2.05) is 52.0 Å². The third-order valence-electron chi connectivity index (χ3n) is 10.8. The molecule has 0 radical (unpaired) electrons. The summed E-state index contributed by atoms with van der Waals surface area (Å²) in [6.45, 7) is 13.1. The quantitative estimate of drug-likeness (QED) is 0.196. The van der Waals surface area contributed by atoms with Crippen LogP contribution in [0.25, 0.3) is 11.1 Å². The number of pyridine rings is 1. The summed E-state index contributed by atoms with van der Waals surface area (Å²) >= 11 is 0. The van der Waals surface area contributed by atoms with Crippen LogP contribution in [0.5, 0.6) is 5.75 Å². The lowest BCUT2D eigenvalue weighted by atomic mass is 9.86. The minimum Gasteiger partial charge on any atom is -0.497 e. The van der Waals surface area contributed by atoms with E-state index in [9.17, 15) is 32.7 Å². The van der Waals surface area contributed by atoms with Gasteiger partial charge in [-0.05, 0) is 154 Å². The van der Waals surface area contributed by atoms with Crippen molar-refractivity contribution in [1.29, 1.82) is 0 Å². The summed E-state index contributed by atoms with van der Waals surface area (Å²) in [7, 11) is 1.62. The maximum atomic E-state index is 14.4. The number of halogens is 3. The van der Waals surface area contributed by atoms with Gasteiger partial charge in [-0.3, -0.25) is 14.4 Å². The van der Waals surface area contributed by atoms with Gasteiger partial charge >= 0.3 is 12.1 Å². The Balaban J connectivity index is 1.56. The van der Waals surface area contributed by atoms with E-state index in [2.05, 4.69) is 24.1 Å². The molecule has 1 aromatic heterocycles. The SMILES string of the molecule is COc1cc(C)c(-c2cc(C(CC(=O)O)NC(=O)C(CC(C)C)n3cc(C4CCN(C(C)C)CC4)c(C(F)(F)F)cc3=O)cc3c2CCC3)c(C)c1. The zero-order valence-corrected chi connectivity index (χ0v) is 31.3. The van der Waals surface area contributed by atoms with Crippen LogP contribution in [0.2, 0.25) is 0 Å². The number of nitrogens with zero attached hydrogens (tertiary/aromatic N) is 2. The molecule has 2 N–H and O–H groups in total. The van der Waals surface area contributed by atoms with Gasteiger partial charge in [-0.25, -0.2) is 0 Å². The van der Waals surface area contributed by atoms with Gasteiger partial charge in [0.25, 0.3) is 5.56 Å². The van der Waals surface area contributed by atoms with Crippen LogP contribution in [0.3, 0.4) is 0 Å². The zero-order chi connectivity index (χ0) is 38.1. The molecule has 1 amide bonds. The summed E-state index contributed by atoms with van der Waals surface area (Å²) in [6.07, 6.45) is -0.111. The van der Waals surface area contributed by atoms with E-state index in [-0.39, 0.29) is 23.9 Å². The molecule has 0 spiro atoms. The number of aryl methyl sites for hydroxylation is 3. The van der Waals surface area contributed by atoms with Crippen molar-refractivity contribution >= 4 is 11.9 Å². The first-order chi connectivity index (χ1) is 24.5. The maximum absolute atomic E-state index is 14.4. The minimum atomic E-state index is -4.74. The predicted octanol–water partition coefficient (Wildman–Crippen LogP) is 8.16. The Labute approximate surface area is 304 Å². The van der Waals surface area contributed by atoms with Crippen molar-refractivity contribution in [2.45, 2.75) is 117 Å². The summed E-state index contributed by atoms with van der Waals surface area (Å²) in [5.74, 6) is -1.53. The largest absolute Gasteiger partial charge is 0.497 e. The van der Waals surface area contributed by atoms with Gasteiger partial charge in [0.1, 0.15) is 11.8 Å². The molecule has 2 heterocycles. The molecule has 1 aliphatic heterocycles. The minimum absolute atomic E-state index is 0.0210. The number of hydrogen-bond donors (Lipinski definition) is 2. The number of alkyl halides is 3.